The Morgan fingerprint density at radius 1 is 0.966 bits per heavy atom. The summed E-state index contributed by atoms with van der Waals surface area (Å²) in [5, 5.41) is 8.87. The van der Waals surface area contributed by atoms with E-state index in [1.54, 1.807) is 0 Å². The fraction of sp³-hybridized carbons (Fsp3) is 0.542. The molecular formula is C24H32N4O. The van der Waals surface area contributed by atoms with Crippen LogP contribution in [0.5, 0.6) is 0 Å². The molecule has 2 aromatic rings. The molecule has 5 heteroatoms. The molecule has 2 heterocycles. The highest BCUT2D eigenvalue weighted by Crippen LogP contribution is 2.28. The Bertz CT molecular complexity index is 778. The normalized spacial score (nSPS) is 18.6. The molecule has 0 unspecified atom stereocenters. The van der Waals surface area contributed by atoms with Gasteiger partial charge in [0, 0.05) is 37.2 Å². The van der Waals surface area contributed by atoms with Crippen LogP contribution < -0.4 is 4.90 Å². The van der Waals surface area contributed by atoms with E-state index in [4.69, 9.17) is 0 Å². The molecule has 1 aromatic carbocycles. The summed E-state index contributed by atoms with van der Waals surface area (Å²) < 4.78 is 0. The molecule has 0 atom stereocenters. The molecule has 2 aliphatic rings. The van der Waals surface area contributed by atoms with Gasteiger partial charge in [-0.25, -0.2) is 0 Å². The van der Waals surface area contributed by atoms with Crippen molar-refractivity contribution in [2.24, 2.45) is 5.92 Å². The Morgan fingerprint density at radius 2 is 1.69 bits per heavy atom. The number of carbonyl (C=O) groups excluding carboxylic acids is 1. The minimum Gasteiger partial charge on any atom is -0.355 e. The smallest absolute Gasteiger partial charge is 0.226 e. The minimum atomic E-state index is 0.157. The lowest BCUT2D eigenvalue weighted by Crippen LogP contribution is -2.47. The summed E-state index contributed by atoms with van der Waals surface area (Å²) >= 11 is 0. The van der Waals surface area contributed by atoms with Crippen LogP contribution in [0.2, 0.25) is 0 Å². The molecule has 1 aliphatic heterocycles. The molecule has 5 nitrogen and oxygen atoms in total. The predicted octanol–water partition coefficient (Wildman–Crippen LogP) is 4.54. The molecule has 154 valence electrons. The maximum atomic E-state index is 13.2. The lowest BCUT2D eigenvalue weighted by Gasteiger charge is -2.38. The summed E-state index contributed by atoms with van der Waals surface area (Å²) in [5.74, 6) is 1.45. The van der Waals surface area contributed by atoms with E-state index in [0.29, 0.717) is 11.9 Å². The van der Waals surface area contributed by atoms with Gasteiger partial charge in [0.05, 0.1) is 5.69 Å². The molecule has 1 amide bonds. The quantitative estimate of drug-likeness (QED) is 0.749. The standard InChI is InChI=1S/C24H32N4O/c1-2-28(21-11-7-4-8-12-21)24(29)20-15-17-27(18-16-20)23-14-13-22(25-26-23)19-9-5-3-6-10-19/h3,5-6,9-10,13-14,20-21H,2,4,7-8,11-12,15-18H2,1H3. The Morgan fingerprint density at radius 3 is 2.31 bits per heavy atom. The third kappa shape index (κ3) is 4.60. The molecule has 29 heavy (non-hydrogen) atoms. The SMILES string of the molecule is CCN(C(=O)C1CCN(c2ccc(-c3ccccc3)nn2)CC1)C1CCCCC1. The first-order valence-electron chi connectivity index (χ1n) is 11.2. The number of anilines is 1. The zero-order chi connectivity index (χ0) is 20.1. The van der Waals surface area contributed by atoms with E-state index in [0.717, 1.165) is 49.6 Å². The average molecular weight is 393 g/mol. The third-order valence-corrected chi connectivity index (χ3v) is 6.53. The largest absolute Gasteiger partial charge is 0.355 e. The van der Waals surface area contributed by atoms with Gasteiger partial charge in [-0.15, -0.1) is 10.2 Å². The number of benzene rings is 1. The second kappa shape index (κ2) is 9.38. The molecule has 1 aliphatic carbocycles. The Kier molecular flexibility index (Phi) is 6.43. The number of aromatic nitrogens is 2. The van der Waals surface area contributed by atoms with Crippen LogP contribution in [0.4, 0.5) is 5.82 Å². The summed E-state index contributed by atoms with van der Waals surface area (Å²) in [4.78, 5) is 17.6. The van der Waals surface area contributed by atoms with Gasteiger partial charge in [-0.1, -0.05) is 49.6 Å². The van der Waals surface area contributed by atoms with Crippen molar-refractivity contribution < 1.29 is 4.79 Å². The van der Waals surface area contributed by atoms with Crippen molar-refractivity contribution in [1.29, 1.82) is 0 Å². The van der Waals surface area contributed by atoms with Crippen molar-refractivity contribution in [3.63, 3.8) is 0 Å². The number of nitrogens with zero attached hydrogens (tertiary/aromatic N) is 4. The minimum absolute atomic E-state index is 0.157. The molecule has 1 saturated carbocycles. The molecule has 1 aromatic heterocycles. The first-order chi connectivity index (χ1) is 14.3. The van der Waals surface area contributed by atoms with Crippen LogP contribution in [0, 0.1) is 5.92 Å². The fourth-order valence-corrected chi connectivity index (χ4v) is 4.83. The number of hydrogen-bond acceptors (Lipinski definition) is 4. The summed E-state index contributed by atoms with van der Waals surface area (Å²) in [6, 6.07) is 14.7. The number of rotatable bonds is 5. The van der Waals surface area contributed by atoms with Gasteiger partial charge in [0.15, 0.2) is 5.82 Å². The summed E-state index contributed by atoms with van der Waals surface area (Å²) in [6.07, 6.45) is 8.04. The van der Waals surface area contributed by atoms with Crippen molar-refractivity contribution in [2.45, 2.75) is 57.9 Å². The maximum absolute atomic E-state index is 13.2. The second-order valence-electron chi connectivity index (χ2n) is 8.32. The molecule has 0 bridgehead atoms. The Hall–Kier alpha value is -2.43. The maximum Gasteiger partial charge on any atom is 0.226 e. The van der Waals surface area contributed by atoms with Gasteiger partial charge < -0.3 is 9.80 Å². The second-order valence-corrected chi connectivity index (χ2v) is 8.32. The van der Waals surface area contributed by atoms with Crippen molar-refractivity contribution in [3.8, 4) is 11.3 Å². The predicted molar refractivity (Wildman–Crippen MR) is 117 cm³/mol. The molecule has 0 radical (unpaired) electrons. The lowest BCUT2D eigenvalue weighted by atomic mass is 9.90. The summed E-state index contributed by atoms with van der Waals surface area (Å²) in [5.41, 5.74) is 1.98. The first kappa shape index (κ1) is 19.9. The van der Waals surface area contributed by atoms with Gasteiger partial charge in [0.2, 0.25) is 5.91 Å². The van der Waals surface area contributed by atoms with Crippen molar-refractivity contribution in [3.05, 3.63) is 42.5 Å². The van der Waals surface area contributed by atoms with Crippen LogP contribution in [0.1, 0.15) is 51.9 Å². The first-order valence-corrected chi connectivity index (χ1v) is 11.2. The van der Waals surface area contributed by atoms with Crippen molar-refractivity contribution in [1.82, 2.24) is 15.1 Å². The molecule has 2 fully saturated rings. The molecule has 4 rings (SSSR count). The van der Waals surface area contributed by atoms with E-state index in [-0.39, 0.29) is 5.92 Å². The van der Waals surface area contributed by atoms with E-state index < -0.39 is 0 Å². The topological polar surface area (TPSA) is 49.3 Å². The Labute approximate surface area is 174 Å². The van der Waals surface area contributed by atoms with Gasteiger partial charge in [0.1, 0.15) is 0 Å². The van der Waals surface area contributed by atoms with Crippen LogP contribution in [0.3, 0.4) is 0 Å². The molecule has 0 spiro atoms. The van der Waals surface area contributed by atoms with Crippen LogP contribution in [0.25, 0.3) is 11.3 Å². The van der Waals surface area contributed by atoms with Gasteiger partial charge >= 0.3 is 0 Å². The highest BCUT2D eigenvalue weighted by Gasteiger charge is 2.32. The van der Waals surface area contributed by atoms with Crippen LogP contribution >= 0.6 is 0 Å². The number of hydrogen-bond donors (Lipinski definition) is 0. The average Bonchev–Trinajstić information content (AvgIpc) is 2.81. The molecular weight excluding hydrogens is 360 g/mol. The van der Waals surface area contributed by atoms with E-state index in [9.17, 15) is 4.79 Å². The lowest BCUT2D eigenvalue weighted by molar-refractivity contribution is -0.139. The van der Waals surface area contributed by atoms with E-state index >= 15 is 0 Å². The third-order valence-electron chi connectivity index (χ3n) is 6.53. The van der Waals surface area contributed by atoms with Crippen molar-refractivity contribution in [2.75, 3.05) is 24.5 Å². The highest BCUT2D eigenvalue weighted by atomic mass is 16.2. The van der Waals surface area contributed by atoms with Crippen molar-refractivity contribution >= 4 is 11.7 Å². The highest BCUT2D eigenvalue weighted by molar-refractivity contribution is 5.79. The molecule has 0 N–H and O–H groups in total. The van der Waals surface area contributed by atoms with Gasteiger partial charge in [-0.2, -0.15) is 0 Å². The van der Waals surface area contributed by atoms with Crippen LogP contribution in [-0.2, 0) is 4.79 Å². The monoisotopic (exact) mass is 392 g/mol. The summed E-state index contributed by atoms with van der Waals surface area (Å²) in [7, 11) is 0. The zero-order valence-corrected chi connectivity index (χ0v) is 17.5. The van der Waals surface area contributed by atoms with Gasteiger partial charge in [-0.3, -0.25) is 4.79 Å². The van der Waals surface area contributed by atoms with E-state index in [2.05, 4.69) is 33.0 Å². The van der Waals surface area contributed by atoms with Crippen LogP contribution in [-0.4, -0.2) is 46.7 Å². The Balaban J connectivity index is 1.34. The van der Waals surface area contributed by atoms with E-state index in [1.165, 1.54) is 32.1 Å². The summed E-state index contributed by atoms with van der Waals surface area (Å²) in [6.45, 7) is 4.72. The van der Waals surface area contributed by atoms with E-state index in [1.807, 2.05) is 36.4 Å². The fourth-order valence-electron chi connectivity index (χ4n) is 4.83. The zero-order valence-electron chi connectivity index (χ0n) is 17.5. The number of piperidine rings is 1. The molecule has 1 saturated heterocycles. The number of carbonyl (C=O) groups is 1. The van der Waals surface area contributed by atoms with Crippen LogP contribution in [0.15, 0.2) is 42.5 Å². The van der Waals surface area contributed by atoms with Gasteiger partial charge in [0.25, 0.3) is 0 Å². The number of amides is 1. The van der Waals surface area contributed by atoms with Gasteiger partial charge in [-0.05, 0) is 44.7 Å².